The molecular formula is C15H25N3O. The van der Waals surface area contributed by atoms with Gasteiger partial charge >= 0.3 is 0 Å². The van der Waals surface area contributed by atoms with Crippen LogP contribution in [0.5, 0.6) is 0 Å². The number of benzene rings is 1. The van der Waals surface area contributed by atoms with E-state index in [2.05, 4.69) is 34.1 Å². The van der Waals surface area contributed by atoms with Gasteiger partial charge in [0.15, 0.2) is 0 Å². The molecule has 0 aromatic heterocycles. The van der Waals surface area contributed by atoms with Crippen molar-refractivity contribution in [2.24, 2.45) is 5.73 Å². The third-order valence-corrected chi connectivity index (χ3v) is 3.71. The predicted octanol–water partition coefficient (Wildman–Crippen LogP) is 0.166. The summed E-state index contributed by atoms with van der Waals surface area (Å²) in [7, 11) is 0. The molecule has 3 N–H and O–H groups in total. The summed E-state index contributed by atoms with van der Waals surface area (Å²) >= 11 is 0. The van der Waals surface area contributed by atoms with Crippen molar-refractivity contribution in [1.82, 2.24) is 9.80 Å². The Kier molecular flexibility index (Phi) is 5.79. The van der Waals surface area contributed by atoms with Crippen molar-refractivity contribution >= 4 is 0 Å². The van der Waals surface area contributed by atoms with E-state index >= 15 is 0 Å². The predicted molar refractivity (Wildman–Crippen MR) is 78.1 cm³/mol. The number of β-amino-alcohol motifs (C(OH)–C–C–N with tert-alkyl or cyclic N) is 1. The van der Waals surface area contributed by atoms with Gasteiger partial charge in [-0.15, -0.1) is 0 Å². The third-order valence-electron chi connectivity index (χ3n) is 3.71. The van der Waals surface area contributed by atoms with Crippen LogP contribution in [0.3, 0.4) is 0 Å². The lowest BCUT2D eigenvalue weighted by atomic mass is 10.1. The van der Waals surface area contributed by atoms with Crippen molar-refractivity contribution in [3.05, 3.63) is 35.9 Å². The largest absolute Gasteiger partial charge is 0.395 e. The lowest BCUT2D eigenvalue weighted by Gasteiger charge is -2.35. The highest BCUT2D eigenvalue weighted by molar-refractivity contribution is 5.15. The summed E-state index contributed by atoms with van der Waals surface area (Å²) in [4.78, 5) is 4.74. The standard InChI is InChI=1S/C15H25N3O/c16-15(12-14-4-2-1-3-5-14)13-18-8-6-17(7-9-18)10-11-19/h1-5,15,19H,6-13,16H2/t15-/m0/s1. The van der Waals surface area contributed by atoms with Crippen LogP contribution in [0, 0.1) is 0 Å². The number of hydrogen-bond donors (Lipinski definition) is 2. The molecule has 0 spiro atoms. The molecule has 4 heteroatoms. The molecular weight excluding hydrogens is 238 g/mol. The van der Waals surface area contributed by atoms with E-state index in [0.717, 1.165) is 45.7 Å². The van der Waals surface area contributed by atoms with Gasteiger partial charge in [-0.1, -0.05) is 30.3 Å². The van der Waals surface area contributed by atoms with Crippen LogP contribution in [0.4, 0.5) is 0 Å². The molecule has 1 aromatic carbocycles. The molecule has 0 unspecified atom stereocenters. The summed E-state index contributed by atoms with van der Waals surface area (Å²) in [5.74, 6) is 0. The Balaban J connectivity index is 1.70. The Hall–Kier alpha value is -0.940. The molecule has 0 bridgehead atoms. The number of nitrogens with two attached hydrogens (primary N) is 1. The Morgan fingerprint density at radius 2 is 1.68 bits per heavy atom. The van der Waals surface area contributed by atoms with Crippen LogP contribution in [0.1, 0.15) is 5.56 Å². The van der Waals surface area contributed by atoms with Crippen LogP contribution < -0.4 is 5.73 Å². The van der Waals surface area contributed by atoms with E-state index < -0.39 is 0 Å². The Labute approximate surface area is 115 Å². The van der Waals surface area contributed by atoms with E-state index in [4.69, 9.17) is 10.8 Å². The van der Waals surface area contributed by atoms with Crippen LogP contribution in [0.25, 0.3) is 0 Å². The third kappa shape index (κ3) is 4.91. The van der Waals surface area contributed by atoms with E-state index in [1.165, 1.54) is 5.56 Å². The van der Waals surface area contributed by atoms with Crippen molar-refractivity contribution in [2.45, 2.75) is 12.5 Å². The molecule has 0 radical (unpaired) electrons. The van der Waals surface area contributed by atoms with Crippen molar-refractivity contribution in [3.8, 4) is 0 Å². The van der Waals surface area contributed by atoms with Gasteiger partial charge in [-0.25, -0.2) is 0 Å². The maximum atomic E-state index is 8.92. The molecule has 1 aliphatic rings. The molecule has 1 saturated heterocycles. The summed E-state index contributed by atoms with van der Waals surface area (Å²) in [5.41, 5.74) is 7.55. The van der Waals surface area contributed by atoms with Crippen LogP contribution >= 0.6 is 0 Å². The second-order valence-electron chi connectivity index (χ2n) is 5.32. The highest BCUT2D eigenvalue weighted by atomic mass is 16.3. The zero-order chi connectivity index (χ0) is 13.5. The minimum atomic E-state index is 0.201. The second kappa shape index (κ2) is 7.60. The zero-order valence-corrected chi connectivity index (χ0v) is 11.5. The lowest BCUT2D eigenvalue weighted by Crippen LogP contribution is -2.50. The van der Waals surface area contributed by atoms with Gasteiger partial charge < -0.3 is 10.8 Å². The average Bonchev–Trinajstić information content (AvgIpc) is 2.42. The molecule has 2 rings (SSSR count). The first-order chi connectivity index (χ1) is 9.28. The minimum absolute atomic E-state index is 0.201. The number of aliphatic hydroxyl groups excluding tert-OH is 1. The minimum Gasteiger partial charge on any atom is -0.395 e. The van der Waals surface area contributed by atoms with Gasteiger partial charge in [0.05, 0.1) is 6.61 Å². The van der Waals surface area contributed by atoms with E-state index in [9.17, 15) is 0 Å². The van der Waals surface area contributed by atoms with Gasteiger partial charge in [-0.3, -0.25) is 9.80 Å². The fraction of sp³-hybridized carbons (Fsp3) is 0.600. The molecule has 19 heavy (non-hydrogen) atoms. The molecule has 0 amide bonds. The molecule has 106 valence electrons. The van der Waals surface area contributed by atoms with E-state index in [0.29, 0.717) is 0 Å². The number of rotatable bonds is 6. The van der Waals surface area contributed by atoms with Crippen molar-refractivity contribution in [2.75, 3.05) is 45.9 Å². The molecule has 0 aliphatic carbocycles. The van der Waals surface area contributed by atoms with Gasteiger partial charge in [-0.05, 0) is 12.0 Å². The van der Waals surface area contributed by atoms with Gasteiger partial charge in [0.1, 0.15) is 0 Å². The van der Waals surface area contributed by atoms with Crippen molar-refractivity contribution < 1.29 is 5.11 Å². The number of nitrogens with zero attached hydrogens (tertiary/aromatic N) is 2. The first-order valence-corrected chi connectivity index (χ1v) is 7.13. The van der Waals surface area contributed by atoms with Crippen molar-refractivity contribution in [3.63, 3.8) is 0 Å². The summed E-state index contributed by atoms with van der Waals surface area (Å²) in [6, 6.07) is 10.6. The first kappa shape index (κ1) is 14.5. The molecule has 0 saturated carbocycles. The highest BCUT2D eigenvalue weighted by Crippen LogP contribution is 2.06. The maximum absolute atomic E-state index is 8.92. The Morgan fingerprint density at radius 1 is 1.05 bits per heavy atom. The molecule has 1 atom stereocenters. The fourth-order valence-corrected chi connectivity index (χ4v) is 2.65. The average molecular weight is 263 g/mol. The maximum Gasteiger partial charge on any atom is 0.0558 e. The van der Waals surface area contributed by atoms with E-state index in [1.807, 2.05) is 6.07 Å². The van der Waals surface area contributed by atoms with Crippen LogP contribution in [-0.4, -0.2) is 66.8 Å². The Bertz CT molecular complexity index is 350. The van der Waals surface area contributed by atoms with Crippen LogP contribution in [0.2, 0.25) is 0 Å². The molecule has 1 heterocycles. The van der Waals surface area contributed by atoms with E-state index in [1.54, 1.807) is 0 Å². The van der Waals surface area contributed by atoms with Crippen molar-refractivity contribution in [1.29, 1.82) is 0 Å². The molecule has 1 aliphatic heterocycles. The topological polar surface area (TPSA) is 52.7 Å². The quantitative estimate of drug-likeness (QED) is 0.768. The van der Waals surface area contributed by atoms with Crippen LogP contribution in [-0.2, 0) is 6.42 Å². The normalized spacial score (nSPS) is 19.5. The van der Waals surface area contributed by atoms with Crippen LogP contribution in [0.15, 0.2) is 30.3 Å². The van der Waals surface area contributed by atoms with Gasteiger partial charge in [0.25, 0.3) is 0 Å². The summed E-state index contributed by atoms with van der Waals surface area (Å²) in [6.07, 6.45) is 0.942. The SMILES string of the molecule is N[C@@H](Cc1ccccc1)CN1CCN(CCO)CC1. The lowest BCUT2D eigenvalue weighted by molar-refractivity contribution is 0.108. The van der Waals surface area contributed by atoms with E-state index in [-0.39, 0.29) is 12.6 Å². The molecule has 1 aromatic rings. The molecule has 4 nitrogen and oxygen atoms in total. The summed E-state index contributed by atoms with van der Waals surface area (Å²) in [5, 5.41) is 8.92. The van der Waals surface area contributed by atoms with Gasteiger partial charge in [0, 0.05) is 45.3 Å². The second-order valence-corrected chi connectivity index (χ2v) is 5.32. The molecule has 1 fully saturated rings. The van der Waals surface area contributed by atoms with Gasteiger partial charge in [-0.2, -0.15) is 0 Å². The summed E-state index contributed by atoms with van der Waals surface area (Å²) in [6.45, 7) is 6.21. The number of hydrogen-bond acceptors (Lipinski definition) is 4. The monoisotopic (exact) mass is 263 g/mol. The fourth-order valence-electron chi connectivity index (χ4n) is 2.65. The number of piperazine rings is 1. The zero-order valence-electron chi connectivity index (χ0n) is 11.5. The Morgan fingerprint density at radius 3 is 2.32 bits per heavy atom. The summed E-state index contributed by atoms with van der Waals surface area (Å²) < 4.78 is 0. The smallest absolute Gasteiger partial charge is 0.0558 e. The number of aliphatic hydroxyl groups is 1. The highest BCUT2D eigenvalue weighted by Gasteiger charge is 2.18. The first-order valence-electron chi connectivity index (χ1n) is 7.13. The van der Waals surface area contributed by atoms with Gasteiger partial charge in [0.2, 0.25) is 0 Å².